The molecule has 1 aromatic carbocycles. The van der Waals surface area contributed by atoms with Crippen molar-refractivity contribution in [3.8, 4) is 0 Å². The summed E-state index contributed by atoms with van der Waals surface area (Å²) in [6.45, 7) is 0. The van der Waals surface area contributed by atoms with Crippen molar-refractivity contribution in [2.75, 3.05) is 0 Å². The van der Waals surface area contributed by atoms with E-state index in [4.69, 9.17) is 5.11 Å². The van der Waals surface area contributed by atoms with Gasteiger partial charge in [0.05, 0.1) is 11.9 Å². The molecule has 2 aromatic rings. The van der Waals surface area contributed by atoms with Crippen LogP contribution in [-0.2, 0) is 24.4 Å². The predicted octanol–water partition coefficient (Wildman–Crippen LogP) is 2.82. The second-order valence-corrected chi connectivity index (χ2v) is 4.01. The lowest BCUT2D eigenvalue weighted by Crippen LogP contribution is -2.11. The number of hydrogen-bond acceptors (Lipinski definition) is 1. The number of fused-ring (bicyclic) bond motifs is 1. The minimum atomic E-state index is -4.45. The lowest BCUT2D eigenvalue weighted by atomic mass is 10.1. The van der Waals surface area contributed by atoms with Gasteiger partial charge in [-0.15, -0.1) is 0 Å². The highest BCUT2D eigenvalue weighted by Crippen LogP contribution is 2.34. The Morgan fingerprint density at radius 2 is 2.06 bits per heavy atom. The fourth-order valence-electron chi connectivity index (χ4n) is 2.08. The van der Waals surface area contributed by atoms with Gasteiger partial charge in [-0.25, -0.2) is 0 Å². The van der Waals surface area contributed by atoms with Crippen LogP contribution in [0, 0.1) is 0 Å². The van der Waals surface area contributed by atoms with Gasteiger partial charge in [0.2, 0.25) is 0 Å². The fourth-order valence-corrected chi connectivity index (χ4v) is 2.08. The molecule has 0 aliphatic rings. The van der Waals surface area contributed by atoms with Gasteiger partial charge in [-0.2, -0.15) is 13.2 Å². The number of halogens is 3. The Morgan fingerprint density at radius 1 is 1.39 bits per heavy atom. The van der Waals surface area contributed by atoms with Gasteiger partial charge in [0, 0.05) is 12.4 Å². The van der Waals surface area contributed by atoms with Crippen molar-refractivity contribution >= 4 is 16.9 Å². The summed E-state index contributed by atoms with van der Waals surface area (Å²) in [4.78, 5) is 10.7. The number of carbonyl (C=O) groups is 1. The fraction of sp³-hybridized carbons (Fsp3) is 0.250. The quantitative estimate of drug-likeness (QED) is 0.898. The van der Waals surface area contributed by atoms with Crippen molar-refractivity contribution in [2.24, 2.45) is 7.05 Å². The summed E-state index contributed by atoms with van der Waals surface area (Å²) in [5.41, 5.74) is -0.0967. The number of rotatable bonds is 2. The first-order valence-corrected chi connectivity index (χ1v) is 5.17. The molecule has 0 unspecified atom stereocenters. The molecule has 0 atom stereocenters. The van der Waals surface area contributed by atoms with Gasteiger partial charge in [0.15, 0.2) is 0 Å². The largest absolute Gasteiger partial charge is 0.481 e. The molecule has 6 heteroatoms. The number of para-hydroxylation sites is 1. The molecular weight excluding hydrogens is 247 g/mol. The standard InChI is InChI=1S/C12H10F3NO2/c1-16-9(12(13,14)15)5-7-3-2-4-8(11(7)16)6-10(17)18/h2-5H,6H2,1H3,(H,17,18). The molecule has 0 amide bonds. The highest BCUT2D eigenvalue weighted by molar-refractivity contribution is 5.87. The van der Waals surface area contributed by atoms with E-state index in [0.29, 0.717) is 16.5 Å². The second-order valence-electron chi connectivity index (χ2n) is 4.01. The first-order chi connectivity index (χ1) is 8.30. The molecular formula is C12H10F3NO2. The van der Waals surface area contributed by atoms with E-state index in [1.165, 1.54) is 19.2 Å². The van der Waals surface area contributed by atoms with E-state index in [1.807, 2.05) is 0 Å². The molecule has 0 aliphatic carbocycles. The predicted molar refractivity (Wildman–Crippen MR) is 59.3 cm³/mol. The van der Waals surface area contributed by atoms with Crippen LogP contribution in [-0.4, -0.2) is 15.6 Å². The van der Waals surface area contributed by atoms with Gasteiger partial charge < -0.3 is 9.67 Å². The molecule has 0 radical (unpaired) electrons. The summed E-state index contributed by atoms with van der Waals surface area (Å²) in [6, 6.07) is 5.65. The Bertz CT molecular complexity index is 614. The van der Waals surface area contributed by atoms with Gasteiger partial charge >= 0.3 is 12.1 Å². The van der Waals surface area contributed by atoms with Gasteiger partial charge in [-0.05, 0) is 11.6 Å². The summed E-state index contributed by atoms with van der Waals surface area (Å²) >= 11 is 0. The van der Waals surface area contributed by atoms with Crippen molar-refractivity contribution in [3.05, 3.63) is 35.5 Å². The molecule has 0 aliphatic heterocycles. The number of alkyl halides is 3. The molecule has 1 N–H and O–H groups in total. The maximum atomic E-state index is 12.7. The van der Waals surface area contributed by atoms with Crippen LogP contribution < -0.4 is 0 Å². The first-order valence-electron chi connectivity index (χ1n) is 5.17. The molecule has 2 rings (SSSR count). The number of benzene rings is 1. The number of hydrogen-bond donors (Lipinski definition) is 1. The molecule has 3 nitrogen and oxygen atoms in total. The average molecular weight is 257 g/mol. The Kier molecular flexibility index (Phi) is 2.80. The number of nitrogens with zero attached hydrogens (tertiary/aromatic N) is 1. The van der Waals surface area contributed by atoms with Crippen LogP contribution in [0.1, 0.15) is 11.3 Å². The van der Waals surface area contributed by atoms with Crippen LogP contribution in [0.15, 0.2) is 24.3 Å². The van der Waals surface area contributed by atoms with Gasteiger partial charge in [-0.1, -0.05) is 18.2 Å². The highest BCUT2D eigenvalue weighted by atomic mass is 19.4. The highest BCUT2D eigenvalue weighted by Gasteiger charge is 2.34. The first kappa shape index (κ1) is 12.5. The molecule has 0 bridgehead atoms. The van der Waals surface area contributed by atoms with Gasteiger partial charge in [0.25, 0.3) is 0 Å². The third-order valence-electron chi connectivity index (χ3n) is 2.77. The molecule has 0 saturated heterocycles. The van der Waals surface area contributed by atoms with Crippen molar-refractivity contribution in [1.29, 1.82) is 0 Å². The Morgan fingerprint density at radius 3 is 2.61 bits per heavy atom. The SMILES string of the molecule is Cn1c(C(F)(F)F)cc2cccc(CC(=O)O)c21. The summed E-state index contributed by atoms with van der Waals surface area (Å²) < 4.78 is 39.2. The normalized spacial score (nSPS) is 12.0. The molecule has 0 saturated carbocycles. The lowest BCUT2D eigenvalue weighted by molar-refractivity contribution is -0.142. The number of aliphatic carboxylic acids is 1. The van der Waals surface area contributed by atoms with Crippen molar-refractivity contribution < 1.29 is 23.1 Å². The third-order valence-corrected chi connectivity index (χ3v) is 2.77. The second kappa shape index (κ2) is 4.04. The van der Waals surface area contributed by atoms with E-state index in [2.05, 4.69) is 0 Å². The summed E-state index contributed by atoms with van der Waals surface area (Å²) in [6.07, 6.45) is -4.75. The molecule has 1 heterocycles. The maximum absolute atomic E-state index is 12.7. The Labute approximate surface area is 100 Å². The number of aromatic nitrogens is 1. The summed E-state index contributed by atoms with van der Waals surface area (Å²) in [5, 5.41) is 9.14. The van der Waals surface area contributed by atoms with Crippen LogP contribution in [0.4, 0.5) is 13.2 Å². The van der Waals surface area contributed by atoms with E-state index in [1.54, 1.807) is 6.07 Å². The number of aryl methyl sites for hydroxylation is 1. The topological polar surface area (TPSA) is 42.2 Å². The zero-order valence-electron chi connectivity index (χ0n) is 9.45. The van der Waals surface area contributed by atoms with Crippen molar-refractivity contribution in [2.45, 2.75) is 12.6 Å². The monoisotopic (exact) mass is 257 g/mol. The Balaban J connectivity index is 2.70. The van der Waals surface area contributed by atoms with Crippen LogP contribution in [0.2, 0.25) is 0 Å². The number of carboxylic acids is 1. The average Bonchev–Trinajstić information content (AvgIpc) is 2.56. The smallest absolute Gasteiger partial charge is 0.431 e. The van der Waals surface area contributed by atoms with Crippen LogP contribution in [0.25, 0.3) is 10.9 Å². The lowest BCUT2D eigenvalue weighted by Gasteiger charge is -2.09. The molecule has 18 heavy (non-hydrogen) atoms. The summed E-state index contributed by atoms with van der Waals surface area (Å²) in [5.74, 6) is -1.07. The van der Waals surface area contributed by atoms with E-state index < -0.39 is 17.8 Å². The van der Waals surface area contributed by atoms with E-state index in [-0.39, 0.29) is 6.42 Å². The maximum Gasteiger partial charge on any atom is 0.431 e. The Hall–Kier alpha value is -1.98. The van der Waals surface area contributed by atoms with E-state index in [0.717, 1.165) is 10.6 Å². The molecule has 0 fully saturated rings. The number of carboxylic acid groups (broad SMARTS) is 1. The minimum absolute atomic E-state index is 0.299. The zero-order valence-corrected chi connectivity index (χ0v) is 9.45. The van der Waals surface area contributed by atoms with Crippen LogP contribution in [0.3, 0.4) is 0 Å². The molecule has 96 valence electrons. The van der Waals surface area contributed by atoms with Gasteiger partial charge in [-0.3, -0.25) is 4.79 Å². The van der Waals surface area contributed by atoms with E-state index in [9.17, 15) is 18.0 Å². The van der Waals surface area contributed by atoms with Crippen LogP contribution in [0.5, 0.6) is 0 Å². The summed E-state index contributed by atoms with van der Waals surface area (Å²) in [7, 11) is 1.29. The third kappa shape index (κ3) is 2.05. The van der Waals surface area contributed by atoms with Crippen molar-refractivity contribution in [3.63, 3.8) is 0 Å². The minimum Gasteiger partial charge on any atom is -0.481 e. The molecule has 0 spiro atoms. The molecule has 1 aromatic heterocycles. The zero-order chi connectivity index (χ0) is 13.5. The van der Waals surface area contributed by atoms with Crippen LogP contribution >= 0.6 is 0 Å². The van der Waals surface area contributed by atoms with Crippen molar-refractivity contribution in [1.82, 2.24) is 4.57 Å². The van der Waals surface area contributed by atoms with E-state index >= 15 is 0 Å². The van der Waals surface area contributed by atoms with Gasteiger partial charge in [0.1, 0.15) is 5.69 Å².